The highest BCUT2D eigenvalue weighted by atomic mass is 79.9. The molecule has 634 valence electrons. The zero-order valence-electron chi connectivity index (χ0n) is 73.1. The minimum absolute atomic E-state index is 0. The summed E-state index contributed by atoms with van der Waals surface area (Å²) >= 11 is 0. The Hall–Kier alpha value is -8.16. The number of fused-ring (bicyclic) bond motifs is 24. The summed E-state index contributed by atoms with van der Waals surface area (Å²) in [6, 6.07) is 72.2. The Bertz CT molecular complexity index is 5430. The van der Waals surface area contributed by atoms with E-state index >= 15 is 0 Å². The van der Waals surface area contributed by atoms with Gasteiger partial charge in [-0.05, 0) is 272 Å². The van der Waals surface area contributed by atoms with Crippen LogP contribution in [0.2, 0.25) is 0 Å². The molecular weight excluding hydrogens is 1740 g/mol. The first-order valence-electron chi connectivity index (χ1n) is 44.2. The summed E-state index contributed by atoms with van der Waals surface area (Å²) in [6.45, 7) is 34.6. The first-order valence-corrected chi connectivity index (χ1v) is 44.2. The van der Waals surface area contributed by atoms with Gasteiger partial charge in [0.1, 0.15) is 23.0 Å². The number of quaternary nitrogens is 4. The van der Waals surface area contributed by atoms with Crippen molar-refractivity contribution in [1.29, 1.82) is 0 Å². The Morgan fingerprint density at radius 1 is 0.267 bits per heavy atom. The van der Waals surface area contributed by atoms with Crippen LogP contribution in [-0.2, 0) is 0 Å². The summed E-state index contributed by atoms with van der Waals surface area (Å²) in [4.78, 5) is 20.9. The average Bonchev–Trinajstić information content (AvgIpc) is 1.56. The molecule has 3 aromatic heterocycles. The second-order valence-corrected chi connectivity index (χ2v) is 34.5. The van der Waals surface area contributed by atoms with Crippen LogP contribution in [0.25, 0.3) is 154 Å². The lowest BCUT2D eigenvalue weighted by Crippen LogP contribution is -3.00. The van der Waals surface area contributed by atoms with Gasteiger partial charge in [-0.25, -0.2) is 9.97 Å². The van der Waals surface area contributed by atoms with Crippen molar-refractivity contribution in [1.82, 2.24) is 19.9 Å². The topological polar surface area (TPSA) is 94.3 Å². The molecule has 0 amide bonds. The number of H-pyrrole nitrogens is 2. The van der Waals surface area contributed by atoms with Crippen molar-refractivity contribution < 1.29 is 105 Å². The molecule has 2 aliphatic rings. The number of aromatic nitrogens is 4. The van der Waals surface area contributed by atoms with Crippen molar-refractivity contribution in [3.63, 3.8) is 0 Å². The summed E-state index contributed by atoms with van der Waals surface area (Å²) in [5.74, 6) is 3.12. The number of hydrogen-bond donors (Lipinski definition) is 2. The van der Waals surface area contributed by atoms with Gasteiger partial charge in [0.15, 0.2) is 0 Å². The second kappa shape index (κ2) is 41.3. The molecule has 0 aliphatic carbocycles. The van der Waals surface area contributed by atoms with E-state index in [1.807, 2.05) is 0 Å². The van der Waals surface area contributed by atoms with Gasteiger partial charge in [-0.3, -0.25) is 0 Å². The van der Waals surface area contributed by atoms with Gasteiger partial charge >= 0.3 is 0 Å². The molecule has 8 bridgehead atoms. The van der Waals surface area contributed by atoms with Crippen LogP contribution in [-0.4, -0.2) is 171 Å². The largest absolute Gasteiger partial charge is 1.00 e. The van der Waals surface area contributed by atoms with Crippen LogP contribution in [0, 0.1) is 0 Å². The molecule has 16 heteroatoms. The van der Waals surface area contributed by atoms with Gasteiger partial charge in [-0.1, -0.05) is 97.1 Å². The third-order valence-electron chi connectivity index (χ3n) is 27.1. The van der Waals surface area contributed by atoms with Crippen LogP contribution in [0.3, 0.4) is 0 Å². The molecule has 5 heterocycles. The van der Waals surface area contributed by atoms with E-state index in [1.165, 1.54) is 0 Å². The van der Waals surface area contributed by atoms with E-state index in [0.717, 1.165) is 351 Å². The maximum atomic E-state index is 7.07. The predicted octanol–water partition coefficient (Wildman–Crippen LogP) is 13.4. The maximum absolute atomic E-state index is 7.07. The Morgan fingerprint density at radius 3 is 0.767 bits per heavy atom. The smallest absolute Gasteiger partial charge is 0.123 e. The van der Waals surface area contributed by atoms with Gasteiger partial charge in [0, 0.05) is 78.1 Å². The SMILES string of the molecule is CC[N+](C)(CC)CCCCCOc1cc(OCCCCC[N+](C)(CC)CC)cc(-c2c3nc(cc4[nH]c(c(-c5cc(OCCCCC[N+](C)(CC)CC)cc(OCCCCC[N+](C)(CC)CC)c5)c5nc(cc6[nH]c2c2cc7ccccc7cc62)-c2cc6ccccc6cc2-5)c2cc5ccccc5cc42)-c2cc4ccccc4cc2-3)c1.[Br-].[Br-].[Br-].[Br-]. The Morgan fingerprint density at radius 2 is 0.508 bits per heavy atom. The summed E-state index contributed by atoms with van der Waals surface area (Å²) < 4.78 is 32.6. The number of ether oxygens (including phenoxy) is 4. The minimum Gasteiger partial charge on any atom is -1.00 e. The Balaban J connectivity index is 0.00000352. The van der Waals surface area contributed by atoms with Crippen molar-refractivity contribution in [3.05, 3.63) is 194 Å². The molecule has 0 saturated heterocycles. The number of rotatable bonds is 38. The van der Waals surface area contributed by atoms with Crippen LogP contribution < -0.4 is 86.9 Å². The van der Waals surface area contributed by atoms with E-state index in [1.54, 1.807) is 0 Å². The molecular formula is C104H126Br4N8O4. The molecule has 0 unspecified atom stereocenters. The van der Waals surface area contributed by atoms with E-state index < -0.39 is 0 Å². The second-order valence-electron chi connectivity index (χ2n) is 34.5. The molecule has 15 rings (SSSR count). The zero-order chi connectivity index (χ0) is 80.6. The lowest BCUT2D eigenvalue weighted by molar-refractivity contribution is -0.906. The molecule has 13 aromatic rings. The van der Waals surface area contributed by atoms with Gasteiger partial charge in [-0.2, -0.15) is 0 Å². The minimum atomic E-state index is 0. The molecule has 0 fully saturated rings. The number of halogens is 4. The number of nitrogens with one attached hydrogen (secondary N) is 2. The monoisotopic (exact) mass is 1870 g/mol. The Labute approximate surface area is 755 Å². The lowest BCUT2D eigenvalue weighted by atomic mass is 9.93. The van der Waals surface area contributed by atoms with Crippen LogP contribution in [0.1, 0.15) is 132 Å². The zero-order valence-corrected chi connectivity index (χ0v) is 79.4. The number of aromatic amines is 2. The molecule has 12 nitrogen and oxygen atoms in total. The maximum Gasteiger partial charge on any atom is 0.123 e. The summed E-state index contributed by atoms with van der Waals surface area (Å²) in [5.41, 5.74) is 15.2. The van der Waals surface area contributed by atoms with E-state index in [-0.39, 0.29) is 67.9 Å². The summed E-state index contributed by atoms with van der Waals surface area (Å²) in [5, 5.41) is 13.4. The van der Waals surface area contributed by atoms with E-state index in [9.17, 15) is 0 Å². The predicted molar refractivity (Wildman–Crippen MR) is 492 cm³/mol. The van der Waals surface area contributed by atoms with E-state index in [4.69, 9.17) is 28.9 Å². The quantitative estimate of drug-likeness (QED) is 0.0296. The normalized spacial score (nSPS) is 12.2. The highest BCUT2D eigenvalue weighted by molar-refractivity contribution is 6.21. The molecule has 10 aromatic carbocycles. The average molecular weight is 1870 g/mol. The number of benzene rings is 10. The van der Waals surface area contributed by atoms with Gasteiger partial charge in [0.25, 0.3) is 0 Å². The fourth-order valence-electron chi connectivity index (χ4n) is 17.7. The van der Waals surface area contributed by atoms with Crippen molar-refractivity contribution in [2.75, 3.05) is 133 Å². The Kier molecular flexibility index (Phi) is 31.9. The number of unbranched alkanes of at least 4 members (excludes halogenated alkanes) is 8. The molecule has 0 spiro atoms. The fourth-order valence-corrected chi connectivity index (χ4v) is 17.7. The van der Waals surface area contributed by atoms with E-state index in [2.05, 4.69) is 288 Å². The molecule has 0 saturated carbocycles. The van der Waals surface area contributed by atoms with Crippen LogP contribution in [0.4, 0.5) is 0 Å². The van der Waals surface area contributed by atoms with E-state index in [0.29, 0.717) is 26.4 Å². The van der Waals surface area contributed by atoms with Gasteiger partial charge < -0.3 is 115 Å². The number of hydrogen-bond acceptors (Lipinski definition) is 6. The first-order chi connectivity index (χ1) is 56.5. The van der Waals surface area contributed by atoms with Crippen molar-refractivity contribution in [2.45, 2.75) is 132 Å². The fraction of sp³-hybridized carbons (Fsp3) is 0.385. The lowest BCUT2D eigenvalue weighted by Gasteiger charge is -2.32. The third kappa shape index (κ3) is 20.5. The summed E-state index contributed by atoms with van der Waals surface area (Å²) in [7, 11) is 9.54. The molecule has 0 atom stereocenters. The van der Waals surface area contributed by atoms with Gasteiger partial charge in [0.2, 0.25) is 0 Å². The summed E-state index contributed by atoms with van der Waals surface area (Å²) in [6.07, 6.45) is 12.8. The standard InChI is InChI=1S/C104H126N8O4.4BrH/c1-13-109(9,14-2)49-33-21-37-53-113-83-57-81(58-84(69-83)114-54-38-22-34-50-110(10,15-3)16-4)99-101-91-65-77-45-29-25-41-73(77)61-87(91)95(105-101)71-97-89-63-75-43-27-31-47-79(75)67-93(89)103(107-97)100(82-59-85(115-55-39-23-35-51-111(11,17-5)18-6)70-86(60-82)116-56-40-24-36-52-112(12,19-7)20-8)104-94-68-80-48-32-28-44-76(80)64-90(94)98(108-104)72-96-88-62-74-42-26-30-46-78(74)66-92(88)102(99)106-96;;;;/h25-32,41-48,57-72,105,108H,13-24,33-40,49-56H2,1-12H3;4*1H/q+4;;;;/p-4. The highest BCUT2D eigenvalue weighted by Gasteiger charge is 2.30. The molecule has 2 aliphatic heterocycles. The van der Waals surface area contributed by atoms with Gasteiger partial charge in [-0.15, -0.1) is 0 Å². The first kappa shape index (κ1) is 92.6. The van der Waals surface area contributed by atoms with Crippen molar-refractivity contribution in [3.8, 4) is 90.3 Å². The van der Waals surface area contributed by atoms with Crippen molar-refractivity contribution >= 4 is 86.7 Å². The van der Waals surface area contributed by atoms with Crippen LogP contribution >= 0.6 is 0 Å². The van der Waals surface area contributed by atoms with Crippen LogP contribution in [0.15, 0.2) is 194 Å². The number of nitrogens with zero attached hydrogens (tertiary/aromatic N) is 6. The van der Waals surface area contributed by atoms with Crippen LogP contribution in [0.5, 0.6) is 23.0 Å². The van der Waals surface area contributed by atoms with Gasteiger partial charge in [0.05, 0.1) is 167 Å². The molecule has 120 heavy (non-hydrogen) atoms. The molecule has 0 radical (unpaired) electrons. The molecule has 2 N–H and O–H groups in total. The third-order valence-corrected chi connectivity index (χ3v) is 27.1. The van der Waals surface area contributed by atoms with Crippen molar-refractivity contribution in [2.24, 2.45) is 0 Å². The highest BCUT2D eigenvalue weighted by Crippen LogP contribution is 2.51.